The molecule has 0 radical (unpaired) electrons. The van der Waals surface area contributed by atoms with Gasteiger partial charge in [0.1, 0.15) is 6.54 Å². The van der Waals surface area contributed by atoms with Crippen molar-refractivity contribution >= 4 is 11.9 Å². The third-order valence-electron chi connectivity index (χ3n) is 3.82. The first-order chi connectivity index (χ1) is 10.2. The molecule has 1 aromatic carbocycles. The van der Waals surface area contributed by atoms with Crippen molar-refractivity contribution in [2.45, 2.75) is 31.7 Å². The molecular formula is C16H18N2O3. The predicted octanol–water partition coefficient (Wildman–Crippen LogP) is 2.38. The monoisotopic (exact) mass is 286 g/mol. The lowest BCUT2D eigenvalue weighted by molar-refractivity contribution is 0.0599. The van der Waals surface area contributed by atoms with E-state index in [4.69, 9.17) is 5.26 Å². The molecule has 0 aliphatic heterocycles. The van der Waals surface area contributed by atoms with E-state index >= 15 is 0 Å². The molecule has 1 saturated carbocycles. The second-order valence-electron chi connectivity index (χ2n) is 5.10. The second-order valence-corrected chi connectivity index (χ2v) is 5.10. The highest BCUT2D eigenvalue weighted by Gasteiger charge is 2.27. The Hall–Kier alpha value is -2.35. The Bertz CT molecular complexity index is 554. The Morgan fingerprint density at radius 2 is 1.81 bits per heavy atom. The summed E-state index contributed by atoms with van der Waals surface area (Å²) >= 11 is 0. The molecule has 1 aliphatic carbocycles. The van der Waals surface area contributed by atoms with Gasteiger partial charge < -0.3 is 9.64 Å². The van der Waals surface area contributed by atoms with Crippen LogP contribution in [0.5, 0.6) is 0 Å². The summed E-state index contributed by atoms with van der Waals surface area (Å²) in [5, 5.41) is 8.94. The third kappa shape index (κ3) is 3.40. The average molecular weight is 286 g/mol. The third-order valence-corrected chi connectivity index (χ3v) is 3.82. The molecule has 0 spiro atoms. The van der Waals surface area contributed by atoms with Gasteiger partial charge in [-0.15, -0.1) is 0 Å². The maximum absolute atomic E-state index is 12.5. The maximum atomic E-state index is 12.5. The van der Waals surface area contributed by atoms with Crippen LogP contribution in [-0.2, 0) is 4.74 Å². The average Bonchev–Trinajstić information content (AvgIpc) is 3.05. The summed E-state index contributed by atoms with van der Waals surface area (Å²) in [6, 6.07) is 8.56. The predicted molar refractivity (Wildman–Crippen MR) is 76.7 cm³/mol. The van der Waals surface area contributed by atoms with E-state index in [1.807, 2.05) is 0 Å². The van der Waals surface area contributed by atoms with Gasteiger partial charge in [-0.2, -0.15) is 5.26 Å². The number of carbonyl (C=O) groups is 2. The van der Waals surface area contributed by atoms with Crippen LogP contribution in [0.4, 0.5) is 0 Å². The van der Waals surface area contributed by atoms with Crippen molar-refractivity contribution < 1.29 is 14.3 Å². The number of hydrogen-bond acceptors (Lipinski definition) is 4. The van der Waals surface area contributed by atoms with Gasteiger partial charge in [0.2, 0.25) is 0 Å². The molecule has 0 N–H and O–H groups in total. The Morgan fingerprint density at radius 1 is 1.24 bits per heavy atom. The molecule has 0 heterocycles. The molecule has 5 nitrogen and oxygen atoms in total. The second kappa shape index (κ2) is 6.89. The van der Waals surface area contributed by atoms with Crippen LogP contribution < -0.4 is 0 Å². The molecule has 0 bridgehead atoms. The molecule has 1 aromatic rings. The molecule has 0 aromatic heterocycles. The molecule has 2 rings (SSSR count). The fraction of sp³-hybridized carbons (Fsp3) is 0.438. The minimum atomic E-state index is -0.432. The fourth-order valence-corrected chi connectivity index (χ4v) is 2.69. The summed E-state index contributed by atoms with van der Waals surface area (Å²) in [6.07, 6.45) is 4.10. The smallest absolute Gasteiger partial charge is 0.337 e. The van der Waals surface area contributed by atoms with E-state index in [0.717, 1.165) is 25.7 Å². The SMILES string of the molecule is COC(=O)c1ccc(C(=O)N(CC#N)C2CCCC2)cc1. The minimum absolute atomic E-state index is 0.0995. The van der Waals surface area contributed by atoms with Gasteiger partial charge in [0.25, 0.3) is 5.91 Å². The zero-order valence-corrected chi connectivity index (χ0v) is 12.0. The number of nitriles is 1. The van der Waals surface area contributed by atoms with E-state index in [-0.39, 0.29) is 18.5 Å². The topological polar surface area (TPSA) is 70.4 Å². The van der Waals surface area contributed by atoms with E-state index in [2.05, 4.69) is 10.8 Å². The summed E-state index contributed by atoms with van der Waals surface area (Å²) < 4.78 is 4.63. The molecule has 0 atom stereocenters. The Kier molecular flexibility index (Phi) is 4.94. The van der Waals surface area contributed by atoms with Crippen molar-refractivity contribution in [3.05, 3.63) is 35.4 Å². The summed E-state index contributed by atoms with van der Waals surface area (Å²) in [6.45, 7) is 0.0995. The lowest BCUT2D eigenvalue weighted by Gasteiger charge is -2.26. The van der Waals surface area contributed by atoms with E-state index in [0.29, 0.717) is 11.1 Å². The van der Waals surface area contributed by atoms with Gasteiger partial charge in [-0.1, -0.05) is 12.8 Å². The van der Waals surface area contributed by atoms with Crippen LogP contribution in [0.3, 0.4) is 0 Å². The van der Waals surface area contributed by atoms with Crippen LogP contribution in [0.2, 0.25) is 0 Å². The number of esters is 1. The van der Waals surface area contributed by atoms with Crippen molar-refractivity contribution in [2.24, 2.45) is 0 Å². The zero-order valence-electron chi connectivity index (χ0n) is 12.0. The quantitative estimate of drug-likeness (QED) is 0.629. The summed E-state index contributed by atoms with van der Waals surface area (Å²) in [7, 11) is 1.32. The van der Waals surface area contributed by atoms with Crippen molar-refractivity contribution in [3.63, 3.8) is 0 Å². The Morgan fingerprint density at radius 3 is 2.33 bits per heavy atom. The molecule has 0 unspecified atom stereocenters. The highest BCUT2D eigenvalue weighted by molar-refractivity contribution is 5.96. The van der Waals surface area contributed by atoms with Gasteiger partial charge in [-0.3, -0.25) is 4.79 Å². The molecule has 21 heavy (non-hydrogen) atoms. The molecule has 1 aliphatic rings. The van der Waals surface area contributed by atoms with E-state index < -0.39 is 5.97 Å². The maximum Gasteiger partial charge on any atom is 0.337 e. The summed E-state index contributed by atoms with van der Waals surface area (Å²) in [5.41, 5.74) is 0.895. The van der Waals surface area contributed by atoms with Crippen molar-refractivity contribution in [1.82, 2.24) is 4.90 Å². The van der Waals surface area contributed by atoms with Crippen molar-refractivity contribution in [3.8, 4) is 6.07 Å². The molecule has 110 valence electrons. The van der Waals surface area contributed by atoms with E-state index in [9.17, 15) is 9.59 Å². The molecule has 5 heteroatoms. The van der Waals surface area contributed by atoms with E-state index in [1.165, 1.54) is 7.11 Å². The standard InChI is InChI=1S/C16H18N2O3/c1-21-16(20)13-8-6-12(7-9-13)15(19)18(11-10-17)14-4-2-3-5-14/h6-9,14H,2-5,11H2,1H3. The molecular weight excluding hydrogens is 268 g/mol. The van der Waals surface area contributed by atoms with Crippen molar-refractivity contribution in [1.29, 1.82) is 5.26 Å². The largest absolute Gasteiger partial charge is 0.465 e. The first-order valence-electron chi connectivity index (χ1n) is 7.03. The number of benzene rings is 1. The number of rotatable bonds is 4. The number of ether oxygens (including phenoxy) is 1. The van der Waals surface area contributed by atoms with Crippen LogP contribution >= 0.6 is 0 Å². The summed E-state index contributed by atoms with van der Waals surface area (Å²) in [4.78, 5) is 25.5. The number of hydrogen-bond donors (Lipinski definition) is 0. The van der Waals surface area contributed by atoms with Crippen LogP contribution in [-0.4, -0.2) is 36.5 Å². The summed E-state index contributed by atoms with van der Waals surface area (Å²) in [5.74, 6) is -0.585. The number of amides is 1. The highest BCUT2D eigenvalue weighted by atomic mass is 16.5. The number of nitrogens with zero attached hydrogens (tertiary/aromatic N) is 2. The normalized spacial score (nSPS) is 14.5. The van der Waals surface area contributed by atoms with Gasteiger partial charge in [0.15, 0.2) is 0 Å². The Balaban J connectivity index is 2.16. The molecule has 0 saturated heterocycles. The molecule has 1 amide bonds. The zero-order chi connectivity index (χ0) is 15.2. The van der Waals surface area contributed by atoms with Crippen molar-refractivity contribution in [2.75, 3.05) is 13.7 Å². The number of carbonyl (C=O) groups excluding carboxylic acids is 2. The van der Waals surface area contributed by atoms with Crippen LogP contribution in [0, 0.1) is 11.3 Å². The van der Waals surface area contributed by atoms with Gasteiger partial charge in [0, 0.05) is 11.6 Å². The van der Waals surface area contributed by atoms with E-state index in [1.54, 1.807) is 29.2 Å². The van der Waals surface area contributed by atoms with Crippen LogP contribution in [0.15, 0.2) is 24.3 Å². The van der Waals surface area contributed by atoms with Gasteiger partial charge in [0.05, 0.1) is 18.7 Å². The van der Waals surface area contributed by atoms with Gasteiger partial charge >= 0.3 is 5.97 Å². The lowest BCUT2D eigenvalue weighted by atomic mass is 10.1. The van der Waals surface area contributed by atoms with Crippen LogP contribution in [0.25, 0.3) is 0 Å². The fourth-order valence-electron chi connectivity index (χ4n) is 2.69. The first-order valence-corrected chi connectivity index (χ1v) is 7.03. The number of methoxy groups -OCH3 is 1. The van der Waals surface area contributed by atoms with Crippen LogP contribution in [0.1, 0.15) is 46.4 Å². The Labute approximate surface area is 124 Å². The minimum Gasteiger partial charge on any atom is -0.465 e. The van der Waals surface area contributed by atoms with Gasteiger partial charge in [-0.25, -0.2) is 4.79 Å². The lowest BCUT2D eigenvalue weighted by Crippen LogP contribution is -2.39. The highest BCUT2D eigenvalue weighted by Crippen LogP contribution is 2.24. The first kappa shape index (κ1) is 15.0. The molecule has 1 fully saturated rings. The van der Waals surface area contributed by atoms with Gasteiger partial charge in [-0.05, 0) is 37.1 Å².